The van der Waals surface area contributed by atoms with Crippen LogP contribution < -0.4 is 5.32 Å². The third-order valence-corrected chi connectivity index (χ3v) is 3.14. The van der Waals surface area contributed by atoms with Crippen LogP contribution >= 0.6 is 0 Å². The fourth-order valence-corrected chi connectivity index (χ4v) is 2.59. The maximum Gasteiger partial charge on any atom is 0.0813 e. The first-order valence-corrected chi connectivity index (χ1v) is 6.57. The molecule has 2 rings (SSSR count). The topological polar surface area (TPSA) is 21.3 Å². The minimum Gasteiger partial charge on any atom is -0.373 e. The van der Waals surface area contributed by atoms with E-state index in [0.29, 0.717) is 12.1 Å². The molecule has 0 saturated heterocycles. The highest BCUT2D eigenvalue weighted by Gasteiger charge is 2.33. The Balaban J connectivity index is 2.20. The van der Waals surface area contributed by atoms with E-state index >= 15 is 0 Å². The molecule has 0 heterocycles. The Labute approximate surface area is 104 Å². The van der Waals surface area contributed by atoms with Crippen molar-refractivity contribution in [3.63, 3.8) is 0 Å². The minimum atomic E-state index is 0.273. The van der Waals surface area contributed by atoms with Crippen LogP contribution in [0, 0.1) is 0 Å². The second-order valence-electron chi connectivity index (χ2n) is 5.43. The van der Waals surface area contributed by atoms with Gasteiger partial charge < -0.3 is 10.1 Å². The number of ether oxygens (including phenoxy) is 1. The molecule has 2 nitrogen and oxygen atoms in total. The standard InChI is InChI=1S/C15H23NO/c1-10(2)16-15-13-8-6-5-7-12(13)9-14(15)17-11(3)4/h5-8,10-11,14-16H,9H2,1-4H3/t14-,15-/m1/s1. The van der Waals surface area contributed by atoms with Crippen molar-refractivity contribution in [1.29, 1.82) is 0 Å². The van der Waals surface area contributed by atoms with Crippen molar-refractivity contribution in [1.82, 2.24) is 5.32 Å². The lowest BCUT2D eigenvalue weighted by Gasteiger charge is -2.26. The van der Waals surface area contributed by atoms with Gasteiger partial charge in [-0.2, -0.15) is 0 Å². The third kappa shape index (κ3) is 2.88. The molecule has 1 N–H and O–H groups in total. The van der Waals surface area contributed by atoms with E-state index in [0.717, 1.165) is 6.42 Å². The average Bonchev–Trinajstić information content (AvgIpc) is 2.55. The zero-order valence-corrected chi connectivity index (χ0v) is 11.2. The summed E-state index contributed by atoms with van der Waals surface area (Å²) in [7, 11) is 0. The molecule has 0 bridgehead atoms. The molecule has 0 saturated carbocycles. The molecule has 1 aliphatic carbocycles. The van der Waals surface area contributed by atoms with Crippen LogP contribution in [0.5, 0.6) is 0 Å². The molecule has 0 radical (unpaired) electrons. The summed E-state index contributed by atoms with van der Waals surface area (Å²) >= 11 is 0. The van der Waals surface area contributed by atoms with Gasteiger partial charge in [0.2, 0.25) is 0 Å². The molecular weight excluding hydrogens is 210 g/mol. The molecule has 2 heteroatoms. The molecule has 94 valence electrons. The van der Waals surface area contributed by atoms with E-state index in [-0.39, 0.29) is 12.2 Å². The molecule has 1 aliphatic rings. The van der Waals surface area contributed by atoms with E-state index in [9.17, 15) is 0 Å². The second-order valence-corrected chi connectivity index (χ2v) is 5.43. The molecule has 0 aromatic heterocycles. The van der Waals surface area contributed by atoms with Crippen molar-refractivity contribution >= 4 is 0 Å². The molecular formula is C15H23NO. The van der Waals surface area contributed by atoms with E-state index < -0.39 is 0 Å². The van der Waals surface area contributed by atoms with Crippen molar-refractivity contribution in [2.45, 2.75) is 58.4 Å². The van der Waals surface area contributed by atoms with Gasteiger partial charge in [0.05, 0.1) is 18.2 Å². The summed E-state index contributed by atoms with van der Waals surface area (Å²) in [5, 5.41) is 3.63. The van der Waals surface area contributed by atoms with Crippen molar-refractivity contribution < 1.29 is 4.74 Å². The van der Waals surface area contributed by atoms with Crippen LogP contribution in [0.15, 0.2) is 24.3 Å². The Bertz CT molecular complexity index is 373. The highest BCUT2D eigenvalue weighted by atomic mass is 16.5. The molecule has 0 unspecified atom stereocenters. The van der Waals surface area contributed by atoms with Gasteiger partial charge in [-0.3, -0.25) is 0 Å². The normalized spacial score (nSPS) is 23.4. The number of benzene rings is 1. The Morgan fingerprint density at radius 1 is 1.18 bits per heavy atom. The lowest BCUT2D eigenvalue weighted by atomic mass is 10.1. The Hall–Kier alpha value is -0.860. The summed E-state index contributed by atoms with van der Waals surface area (Å²) in [4.78, 5) is 0. The minimum absolute atomic E-state index is 0.273. The lowest BCUT2D eigenvalue weighted by molar-refractivity contribution is -0.00834. The molecule has 1 aromatic rings. The van der Waals surface area contributed by atoms with Crippen LogP contribution in [-0.2, 0) is 11.2 Å². The molecule has 2 atom stereocenters. The van der Waals surface area contributed by atoms with E-state index in [4.69, 9.17) is 4.74 Å². The number of fused-ring (bicyclic) bond motifs is 1. The van der Waals surface area contributed by atoms with Gasteiger partial charge in [0.15, 0.2) is 0 Å². The van der Waals surface area contributed by atoms with E-state index in [1.54, 1.807) is 0 Å². The van der Waals surface area contributed by atoms with Gasteiger partial charge in [0.1, 0.15) is 0 Å². The SMILES string of the molecule is CC(C)N[C@@H]1c2ccccc2C[C@H]1OC(C)C. The molecule has 1 aromatic carbocycles. The summed E-state index contributed by atoms with van der Waals surface area (Å²) in [6, 6.07) is 9.49. The molecule has 0 fully saturated rings. The number of hydrogen-bond acceptors (Lipinski definition) is 2. The van der Waals surface area contributed by atoms with Crippen LogP contribution in [0.4, 0.5) is 0 Å². The summed E-state index contributed by atoms with van der Waals surface area (Å²) < 4.78 is 6.04. The zero-order valence-electron chi connectivity index (χ0n) is 11.2. The highest BCUT2D eigenvalue weighted by molar-refractivity contribution is 5.36. The van der Waals surface area contributed by atoms with Crippen LogP contribution in [0.1, 0.15) is 44.9 Å². The van der Waals surface area contributed by atoms with Gasteiger partial charge in [0, 0.05) is 12.5 Å². The van der Waals surface area contributed by atoms with Gasteiger partial charge in [-0.15, -0.1) is 0 Å². The van der Waals surface area contributed by atoms with Crippen LogP contribution in [-0.4, -0.2) is 18.2 Å². The largest absolute Gasteiger partial charge is 0.373 e. The van der Waals surface area contributed by atoms with Crippen LogP contribution in [0.25, 0.3) is 0 Å². The summed E-state index contributed by atoms with van der Waals surface area (Å²) in [5.74, 6) is 0. The smallest absolute Gasteiger partial charge is 0.0813 e. The van der Waals surface area contributed by atoms with Crippen LogP contribution in [0.3, 0.4) is 0 Å². The predicted octanol–water partition coefficient (Wildman–Crippen LogP) is 3.08. The second kappa shape index (κ2) is 5.19. The monoisotopic (exact) mass is 233 g/mol. The third-order valence-electron chi connectivity index (χ3n) is 3.14. The summed E-state index contributed by atoms with van der Waals surface area (Å²) in [5.41, 5.74) is 2.84. The van der Waals surface area contributed by atoms with E-state index in [1.807, 2.05) is 0 Å². The fourth-order valence-electron chi connectivity index (χ4n) is 2.59. The zero-order chi connectivity index (χ0) is 12.4. The first-order chi connectivity index (χ1) is 8.08. The first-order valence-electron chi connectivity index (χ1n) is 6.57. The van der Waals surface area contributed by atoms with Crippen LogP contribution in [0.2, 0.25) is 0 Å². The lowest BCUT2D eigenvalue weighted by Crippen LogP contribution is -2.36. The van der Waals surface area contributed by atoms with Gasteiger partial charge >= 0.3 is 0 Å². The Morgan fingerprint density at radius 2 is 1.88 bits per heavy atom. The average molecular weight is 233 g/mol. The van der Waals surface area contributed by atoms with E-state index in [1.165, 1.54) is 11.1 Å². The molecule has 0 amide bonds. The van der Waals surface area contributed by atoms with Crippen molar-refractivity contribution in [3.05, 3.63) is 35.4 Å². The van der Waals surface area contributed by atoms with Crippen molar-refractivity contribution in [3.8, 4) is 0 Å². The van der Waals surface area contributed by atoms with Gasteiger partial charge in [-0.25, -0.2) is 0 Å². The predicted molar refractivity (Wildman–Crippen MR) is 71.2 cm³/mol. The highest BCUT2D eigenvalue weighted by Crippen LogP contribution is 2.34. The number of rotatable bonds is 4. The first kappa shape index (κ1) is 12.6. The van der Waals surface area contributed by atoms with Gasteiger partial charge in [-0.1, -0.05) is 38.1 Å². The Morgan fingerprint density at radius 3 is 2.53 bits per heavy atom. The van der Waals surface area contributed by atoms with Crippen molar-refractivity contribution in [2.24, 2.45) is 0 Å². The Kier molecular flexibility index (Phi) is 3.85. The molecule has 0 spiro atoms. The quantitative estimate of drug-likeness (QED) is 0.863. The summed E-state index contributed by atoms with van der Waals surface area (Å²) in [6.07, 6.45) is 1.58. The van der Waals surface area contributed by atoms with Gasteiger partial charge in [0.25, 0.3) is 0 Å². The van der Waals surface area contributed by atoms with Gasteiger partial charge in [-0.05, 0) is 25.0 Å². The maximum absolute atomic E-state index is 6.04. The summed E-state index contributed by atoms with van der Waals surface area (Å²) in [6.45, 7) is 8.59. The fraction of sp³-hybridized carbons (Fsp3) is 0.600. The number of hydrogen-bond donors (Lipinski definition) is 1. The van der Waals surface area contributed by atoms with E-state index in [2.05, 4.69) is 57.3 Å². The van der Waals surface area contributed by atoms with Crippen molar-refractivity contribution in [2.75, 3.05) is 0 Å². The molecule has 17 heavy (non-hydrogen) atoms. The number of nitrogens with one attached hydrogen (secondary N) is 1. The molecule has 0 aliphatic heterocycles. The maximum atomic E-state index is 6.04.